The summed E-state index contributed by atoms with van der Waals surface area (Å²) in [6, 6.07) is 14.2. The number of amides is 1. The number of rotatable bonds is 6. The minimum atomic E-state index is -0.599. The van der Waals surface area contributed by atoms with Crippen LogP contribution in [0.4, 0.5) is 5.69 Å². The number of para-hydroxylation sites is 1. The molecule has 5 nitrogen and oxygen atoms in total. The van der Waals surface area contributed by atoms with E-state index in [9.17, 15) is 4.79 Å². The fourth-order valence-electron chi connectivity index (χ4n) is 4.48. The van der Waals surface area contributed by atoms with Crippen LogP contribution in [0.5, 0.6) is 11.5 Å². The number of methoxy groups -OCH3 is 1. The third kappa shape index (κ3) is 2.96. The Balaban J connectivity index is 1.71. The molecular weight excluding hydrogens is 364 g/mol. The van der Waals surface area contributed by atoms with Gasteiger partial charge in [0.1, 0.15) is 5.66 Å². The number of ether oxygens (including phenoxy) is 2. The number of nitrogens with one attached hydrogen (secondary N) is 1. The van der Waals surface area contributed by atoms with Gasteiger partial charge in [-0.2, -0.15) is 0 Å². The first kappa shape index (κ1) is 19.4. The summed E-state index contributed by atoms with van der Waals surface area (Å²) < 4.78 is 11.3. The van der Waals surface area contributed by atoms with Crippen molar-refractivity contribution >= 4 is 17.7 Å². The van der Waals surface area contributed by atoms with Crippen molar-refractivity contribution in [3.63, 3.8) is 0 Å². The van der Waals surface area contributed by atoms with Crippen molar-refractivity contribution in [1.82, 2.24) is 5.32 Å². The molecule has 2 aromatic rings. The van der Waals surface area contributed by atoms with Gasteiger partial charge in [0.15, 0.2) is 11.5 Å². The molecule has 0 radical (unpaired) electrons. The predicted octanol–water partition coefficient (Wildman–Crippen LogP) is 4.12. The average molecular weight is 392 g/mol. The van der Waals surface area contributed by atoms with E-state index in [0.717, 1.165) is 23.4 Å². The molecule has 0 aliphatic carbocycles. The summed E-state index contributed by atoms with van der Waals surface area (Å²) in [4.78, 5) is 14.6. The van der Waals surface area contributed by atoms with Crippen LogP contribution in [0.15, 0.2) is 48.5 Å². The smallest absolute Gasteiger partial charge is 0.241 e. The Labute approximate surface area is 172 Å². The Kier molecular flexibility index (Phi) is 4.77. The van der Waals surface area contributed by atoms with E-state index in [2.05, 4.69) is 61.3 Å². The molecule has 2 aromatic carbocycles. The van der Waals surface area contributed by atoms with Gasteiger partial charge < -0.3 is 19.7 Å². The summed E-state index contributed by atoms with van der Waals surface area (Å²) in [5.41, 5.74) is 2.47. The highest BCUT2D eigenvalue weighted by molar-refractivity contribution is 5.91. The zero-order chi connectivity index (χ0) is 20.6. The molecular formula is C24H28N2O3. The van der Waals surface area contributed by atoms with Crippen LogP contribution in [0, 0.1) is 0 Å². The highest BCUT2D eigenvalue weighted by Crippen LogP contribution is 2.52. The number of hydrogen-bond acceptors (Lipinski definition) is 4. The van der Waals surface area contributed by atoms with Crippen LogP contribution in [0.25, 0.3) is 6.08 Å². The van der Waals surface area contributed by atoms with E-state index in [4.69, 9.17) is 9.47 Å². The van der Waals surface area contributed by atoms with Gasteiger partial charge in [0.2, 0.25) is 5.91 Å². The summed E-state index contributed by atoms with van der Waals surface area (Å²) >= 11 is 0. The van der Waals surface area contributed by atoms with Crippen LogP contribution in [-0.4, -0.2) is 31.8 Å². The summed E-state index contributed by atoms with van der Waals surface area (Å²) in [6.45, 7) is 7.46. The average Bonchev–Trinajstić information content (AvgIpc) is 3.16. The van der Waals surface area contributed by atoms with E-state index in [-0.39, 0.29) is 11.3 Å². The van der Waals surface area contributed by atoms with Crippen molar-refractivity contribution < 1.29 is 14.3 Å². The van der Waals surface area contributed by atoms with E-state index in [1.807, 2.05) is 24.3 Å². The number of carbonyl (C=O) groups excluding carboxylic acids is 1. The number of anilines is 1. The Morgan fingerprint density at radius 3 is 2.72 bits per heavy atom. The lowest BCUT2D eigenvalue weighted by atomic mass is 9.75. The molecule has 29 heavy (non-hydrogen) atoms. The quantitative estimate of drug-likeness (QED) is 0.803. The van der Waals surface area contributed by atoms with Gasteiger partial charge in [0, 0.05) is 11.1 Å². The minimum Gasteiger partial charge on any atom is -0.493 e. The van der Waals surface area contributed by atoms with E-state index in [1.165, 1.54) is 5.56 Å². The fraction of sp³-hybridized carbons (Fsp3) is 0.375. The molecule has 152 valence electrons. The van der Waals surface area contributed by atoms with Crippen molar-refractivity contribution in [2.45, 2.75) is 38.3 Å². The highest BCUT2D eigenvalue weighted by Gasteiger charge is 2.59. The summed E-state index contributed by atoms with van der Waals surface area (Å²) in [5, 5.41) is 3.25. The first-order valence-corrected chi connectivity index (χ1v) is 10.1. The molecule has 1 amide bonds. The van der Waals surface area contributed by atoms with Gasteiger partial charge in [-0.1, -0.05) is 51.1 Å². The van der Waals surface area contributed by atoms with E-state index in [0.29, 0.717) is 18.9 Å². The molecule has 1 atom stereocenters. The second-order valence-corrected chi connectivity index (χ2v) is 8.13. The molecule has 2 aliphatic heterocycles. The first-order chi connectivity index (χ1) is 13.9. The summed E-state index contributed by atoms with van der Waals surface area (Å²) in [5.74, 6) is 1.49. The third-order valence-corrected chi connectivity index (χ3v) is 6.04. The summed E-state index contributed by atoms with van der Waals surface area (Å²) in [7, 11) is 1.65. The van der Waals surface area contributed by atoms with E-state index in [1.54, 1.807) is 7.11 Å². The normalized spacial score (nSPS) is 21.8. The van der Waals surface area contributed by atoms with Crippen molar-refractivity contribution in [3.8, 4) is 11.5 Å². The van der Waals surface area contributed by atoms with Gasteiger partial charge >= 0.3 is 0 Å². The number of nitrogens with zero attached hydrogens (tertiary/aromatic N) is 1. The number of fused-ring (bicyclic) bond motifs is 3. The minimum absolute atomic E-state index is 0.0399. The number of carbonyl (C=O) groups is 1. The van der Waals surface area contributed by atoms with Gasteiger partial charge in [-0.3, -0.25) is 4.79 Å². The largest absolute Gasteiger partial charge is 0.493 e. The van der Waals surface area contributed by atoms with Crippen molar-refractivity contribution in [2.24, 2.45) is 0 Å². The second-order valence-electron chi connectivity index (χ2n) is 8.13. The lowest BCUT2D eigenvalue weighted by Gasteiger charge is -2.40. The standard InChI is InChI=1S/C24H28N2O3/c1-5-14-29-20-11-10-17(15-21(20)28-4)12-13-24-23(2,3)18-8-6-7-9-19(18)26(24)16-22(27)25-24/h6-13,15H,5,14,16H2,1-4H3,(H,25,27). The molecule has 0 aromatic heterocycles. The molecule has 1 saturated heterocycles. The van der Waals surface area contributed by atoms with Gasteiger partial charge in [0.25, 0.3) is 0 Å². The van der Waals surface area contributed by atoms with Crippen LogP contribution >= 0.6 is 0 Å². The van der Waals surface area contributed by atoms with Gasteiger partial charge in [-0.05, 0) is 41.8 Å². The lowest BCUT2D eigenvalue weighted by Crippen LogP contribution is -2.58. The molecule has 5 heteroatoms. The van der Waals surface area contributed by atoms with Gasteiger partial charge in [0.05, 0.1) is 20.3 Å². The first-order valence-electron chi connectivity index (χ1n) is 10.1. The number of benzene rings is 2. The molecule has 2 aliphatic rings. The van der Waals surface area contributed by atoms with Gasteiger partial charge in [-0.15, -0.1) is 0 Å². The van der Waals surface area contributed by atoms with Crippen LogP contribution in [-0.2, 0) is 10.2 Å². The Hall–Kier alpha value is -2.95. The maximum absolute atomic E-state index is 12.4. The predicted molar refractivity (Wildman–Crippen MR) is 116 cm³/mol. The van der Waals surface area contributed by atoms with Crippen LogP contribution < -0.4 is 19.7 Å². The van der Waals surface area contributed by atoms with Gasteiger partial charge in [-0.25, -0.2) is 0 Å². The molecule has 1 fully saturated rings. The lowest BCUT2D eigenvalue weighted by molar-refractivity contribution is -0.118. The molecule has 0 saturated carbocycles. The SMILES string of the molecule is CCCOc1ccc(C=CC23NC(=O)CN2c2ccccc2C3(C)C)cc1OC. The number of hydrogen-bond donors (Lipinski definition) is 1. The van der Waals surface area contributed by atoms with Crippen molar-refractivity contribution in [3.05, 3.63) is 59.7 Å². The molecule has 0 spiro atoms. The zero-order valence-electron chi connectivity index (χ0n) is 17.5. The van der Waals surface area contributed by atoms with Crippen LogP contribution in [0.1, 0.15) is 38.3 Å². The molecule has 4 rings (SSSR count). The highest BCUT2D eigenvalue weighted by atomic mass is 16.5. The Morgan fingerprint density at radius 2 is 1.97 bits per heavy atom. The topological polar surface area (TPSA) is 50.8 Å². The maximum atomic E-state index is 12.4. The van der Waals surface area contributed by atoms with Crippen LogP contribution in [0.3, 0.4) is 0 Å². The van der Waals surface area contributed by atoms with Crippen molar-refractivity contribution in [2.75, 3.05) is 25.2 Å². The Morgan fingerprint density at radius 1 is 1.17 bits per heavy atom. The van der Waals surface area contributed by atoms with Crippen LogP contribution in [0.2, 0.25) is 0 Å². The molecule has 1 unspecified atom stereocenters. The summed E-state index contributed by atoms with van der Waals surface area (Å²) in [6.07, 6.45) is 5.11. The molecule has 0 bridgehead atoms. The molecule has 1 N–H and O–H groups in total. The maximum Gasteiger partial charge on any atom is 0.241 e. The second kappa shape index (κ2) is 7.14. The van der Waals surface area contributed by atoms with E-state index >= 15 is 0 Å². The Bertz CT molecular complexity index is 966. The van der Waals surface area contributed by atoms with Crippen molar-refractivity contribution in [1.29, 1.82) is 0 Å². The fourth-order valence-corrected chi connectivity index (χ4v) is 4.48. The zero-order valence-corrected chi connectivity index (χ0v) is 17.5. The third-order valence-electron chi connectivity index (χ3n) is 6.04. The molecule has 2 heterocycles. The van der Waals surface area contributed by atoms with E-state index < -0.39 is 5.66 Å². The monoisotopic (exact) mass is 392 g/mol.